The molecule has 2 aliphatic rings. The average molecular weight is 456 g/mol. The van der Waals surface area contributed by atoms with Crippen molar-refractivity contribution in [1.82, 2.24) is 4.90 Å². The SMILES string of the molecule is CN(CCCOc1ccccc1)CC[C@@]12CCCC[C@@H]1c1ccccc1O2.O=C(O)C(=O)O. The van der Waals surface area contributed by atoms with Gasteiger partial charge in [0.25, 0.3) is 0 Å². The van der Waals surface area contributed by atoms with Gasteiger partial charge in [-0.25, -0.2) is 9.59 Å². The maximum atomic E-state index is 9.10. The molecule has 178 valence electrons. The van der Waals surface area contributed by atoms with Crippen molar-refractivity contribution in [2.45, 2.75) is 50.0 Å². The molecule has 0 unspecified atom stereocenters. The molecule has 7 nitrogen and oxygen atoms in total. The maximum absolute atomic E-state index is 9.10. The Kier molecular flexibility index (Phi) is 8.72. The van der Waals surface area contributed by atoms with Gasteiger partial charge in [-0.2, -0.15) is 0 Å². The molecule has 1 saturated carbocycles. The van der Waals surface area contributed by atoms with Crippen LogP contribution in [-0.4, -0.2) is 59.4 Å². The molecular weight excluding hydrogens is 422 g/mol. The molecule has 1 aliphatic heterocycles. The van der Waals surface area contributed by atoms with E-state index in [0.717, 1.165) is 44.0 Å². The predicted molar refractivity (Wildman–Crippen MR) is 125 cm³/mol. The Morgan fingerprint density at radius 1 is 1.03 bits per heavy atom. The molecule has 0 aromatic heterocycles. The van der Waals surface area contributed by atoms with Gasteiger partial charge in [-0.05, 0) is 50.9 Å². The maximum Gasteiger partial charge on any atom is 0.414 e. The van der Waals surface area contributed by atoms with E-state index >= 15 is 0 Å². The Hall–Kier alpha value is -3.06. The number of para-hydroxylation sites is 2. The topological polar surface area (TPSA) is 96.3 Å². The quantitative estimate of drug-likeness (QED) is 0.449. The average Bonchev–Trinajstić information content (AvgIpc) is 3.16. The number of carbonyl (C=O) groups is 2. The summed E-state index contributed by atoms with van der Waals surface area (Å²) in [6.45, 7) is 2.90. The van der Waals surface area contributed by atoms with Crippen LogP contribution in [0.25, 0.3) is 0 Å². The summed E-state index contributed by atoms with van der Waals surface area (Å²) in [7, 11) is 2.22. The molecule has 7 heteroatoms. The molecule has 2 aromatic rings. The van der Waals surface area contributed by atoms with E-state index < -0.39 is 11.9 Å². The van der Waals surface area contributed by atoms with E-state index in [1.54, 1.807) is 0 Å². The smallest absolute Gasteiger partial charge is 0.414 e. The first kappa shape index (κ1) is 24.6. The van der Waals surface area contributed by atoms with E-state index in [1.807, 2.05) is 30.3 Å². The summed E-state index contributed by atoms with van der Waals surface area (Å²) in [6, 6.07) is 18.8. The largest absolute Gasteiger partial charge is 0.494 e. The first-order valence-corrected chi connectivity index (χ1v) is 11.5. The Bertz CT molecular complexity index is 906. The summed E-state index contributed by atoms with van der Waals surface area (Å²) < 4.78 is 12.4. The number of carboxylic acids is 2. The van der Waals surface area contributed by atoms with Crippen molar-refractivity contribution < 1.29 is 29.3 Å². The Morgan fingerprint density at radius 2 is 1.73 bits per heavy atom. The fraction of sp³-hybridized carbons (Fsp3) is 0.462. The highest BCUT2D eigenvalue weighted by atomic mass is 16.5. The third-order valence-electron chi connectivity index (χ3n) is 6.38. The number of hydrogen-bond acceptors (Lipinski definition) is 5. The van der Waals surface area contributed by atoms with Gasteiger partial charge in [0.2, 0.25) is 0 Å². The van der Waals surface area contributed by atoms with Crippen LogP contribution in [0, 0.1) is 0 Å². The van der Waals surface area contributed by atoms with Crippen LogP contribution in [0.5, 0.6) is 11.5 Å². The monoisotopic (exact) mass is 455 g/mol. The van der Waals surface area contributed by atoms with Crippen molar-refractivity contribution in [3.05, 3.63) is 60.2 Å². The molecular formula is C26H33NO6. The lowest BCUT2D eigenvalue weighted by Crippen LogP contribution is -2.43. The number of nitrogens with zero attached hydrogens (tertiary/aromatic N) is 1. The minimum Gasteiger partial charge on any atom is -0.494 e. The zero-order chi connectivity index (χ0) is 23.7. The normalized spacial score (nSPS) is 20.6. The van der Waals surface area contributed by atoms with E-state index in [2.05, 4.69) is 36.2 Å². The molecule has 0 bridgehead atoms. The highest BCUT2D eigenvalue weighted by Gasteiger charge is 2.48. The Morgan fingerprint density at radius 3 is 2.45 bits per heavy atom. The molecule has 0 radical (unpaired) electrons. The minimum atomic E-state index is -1.82. The second-order valence-electron chi connectivity index (χ2n) is 8.68. The number of rotatable bonds is 8. The molecule has 4 rings (SSSR count). The van der Waals surface area contributed by atoms with Crippen LogP contribution in [0.3, 0.4) is 0 Å². The number of ether oxygens (including phenoxy) is 2. The van der Waals surface area contributed by atoms with Gasteiger partial charge in [-0.3, -0.25) is 0 Å². The molecule has 2 atom stereocenters. The molecule has 0 spiro atoms. The van der Waals surface area contributed by atoms with Gasteiger partial charge in [0, 0.05) is 31.0 Å². The van der Waals surface area contributed by atoms with E-state index in [0.29, 0.717) is 5.92 Å². The van der Waals surface area contributed by atoms with Gasteiger partial charge < -0.3 is 24.6 Å². The Labute approximate surface area is 194 Å². The summed E-state index contributed by atoms with van der Waals surface area (Å²) in [6.07, 6.45) is 7.24. The van der Waals surface area contributed by atoms with E-state index in [-0.39, 0.29) is 5.60 Å². The van der Waals surface area contributed by atoms with Gasteiger partial charge in [0.15, 0.2) is 0 Å². The van der Waals surface area contributed by atoms with Crippen LogP contribution in [0.15, 0.2) is 54.6 Å². The van der Waals surface area contributed by atoms with Crippen LogP contribution >= 0.6 is 0 Å². The highest BCUT2D eigenvalue weighted by Crippen LogP contribution is 2.53. The Balaban J connectivity index is 0.000000454. The molecule has 33 heavy (non-hydrogen) atoms. The molecule has 0 amide bonds. The van der Waals surface area contributed by atoms with Crippen molar-refractivity contribution in [3.63, 3.8) is 0 Å². The number of benzene rings is 2. The molecule has 1 fully saturated rings. The van der Waals surface area contributed by atoms with Gasteiger partial charge in [-0.1, -0.05) is 42.8 Å². The molecule has 1 heterocycles. The van der Waals surface area contributed by atoms with Crippen LogP contribution < -0.4 is 9.47 Å². The van der Waals surface area contributed by atoms with Gasteiger partial charge in [0.05, 0.1) is 6.61 Å². The van der Waals surface area contributed by atoms with Crippen molar-refractivity contribution in [3.8, 4) is 11.5 Å². The summed E-state index contributed by atoms with van der Waals surface area (Å²) in [4.78, 5) is 20.6. The second-order valence-corrected chi connectivity index (χ2v) is 8.68. The van der Waals surface area contributed by atoms with Crippen molar-refractivity contribution in [2.75, 3.05) is 26.7 Å². The predicted octanol–water partition coefficient (Wildman–Crippen LogP) is 4.42. The lowest BCUT2D eigenvalue weighted by atomic mass is 9.72. The minimum absolute atomic E-state index is 0.0245. The molecule has 2 aromatic carbocycles. The summed E-state index contributed by atoms with van der Waals surface area (Å²) in [5, 5.41) is 14.8. The van der Waals surface area contributed by atoms with Gasteiger partial charge in [0.1, 0.15) is 17.1 Å². The van der Waals surface area contributed by atoms with Gasteiger partial charge >= 0.3 is 11.9 Å². The van der Waals surface area contributed by atoms with Crippen LogP contribution in [-0.2, 0) is 9.59 Å². The summed E-state index contributed by atoms with van der Waals surface area (Å²) in [5.74, 6) is -0.980. The first-order chi connectivity index (χ1) is 15.9. The third-order valence-corrected chi connectivity index (χ3v) is 6.38. The molecule has 2 N–H and O–H groups in total. The second kappa shape index (κ2) is 11.7. The first-order valence-electron chi connectivity index (χ1n) is 11.5. The van der Waals surface area contributed by atoms with Gasteiger partial charge in [-0.15, -0.1) is 0 Å². The standard InChI is InChI=1S/C24H31NO2.C2H2O4/c1-25(17-9-19-26-20-10-3-2-4-11-20)18-16-24-15-8-7-13-22(24)21-12-5-6-14-23(21)27-24;3-1(4)2(5)6/h2-6,10-12,14,22H,7-9,13,15-19H2,1H3;(H,3,4)(H,5,6)/t22-,24+;/m1./s1. The zero-order valence-electron chi connectivity index (χ0n) is 19.1. The van der Waals surface area contributed by atoms with Crippen LogP contribution in [0.1, 0.15) is 50.0 Å². The van der Waals surface area contributed by atoms with E-state index in [1.165, 1.54) is 31.2 Å². The van der Waals surface area contributed by atoms with Crippen molar-refractivity contribution in [2.24, 2.45) is 0 Å². The molecule has 1 aliphatic carbocycles. The highest BCUT2D eigenvalue weighted by molar-refractivity contribution is 6.27. The van der Waals surface area contributed by atoms with Crippen molar-refractivity contribution >= 4 is 11.9 Å². The van der Waals surface area contributed by atoms with Crippen molar-refractivity contribution in [1.29, 1.82) is 0 Å². The fourth-order valence-electron chi connectivity index (χ4n) is 4.73. The number of aliphatic carboxylic acids is 2. The number of carboxylic acid groups (broad SMARTS) is 2. The van der Waals surface area contributed by atoms with E-state index in [9.17, 15) is 0 Å². The van der Waals surface area contributed by atoms with Crippen LogP contribution in [0.2, 0.25) is 0 Å². The zero-order valence-corrected chi connectivity index (χ0v) is 19.1. The third kappa shape index (κ3) is 6.71. The summed E-state index contributed by atoms with van der Waals surface area (Å²) >= 11 is 0. The lowest BCUT2D eigenvalue weighted by Gasteiger charge is -2.39. The van der Waals surface area contributed by atoms with Crippen LogP contribution in [0.4, 0.5) is 0 Å². The lowest BCUT2D eigenvalue weighted by molar-refractivity contribution is -0.159. The van der Waals surface area contributed by atoms with E-state index in [4.69, 9.17) is 29.3 Å². The molecule has 0 saturated heterocycles. The number of hydrogen-bond donors (Lipinski definition) is 2. The fourth-order valence-corrected chi connectivity index (χ4v) is 4.73. The number of fused-ring (bicyclic) bond motifs is 3. The summed E-state index contributed by atoms with van der Waals surface area (Å²) in [5.41, 5.74) is 1.47.